The van der Waals surface area contributed by atoms with Gasteiger partial charge in [-0.25, -0.2) is 0 Å². The van der Waals surface area contributed by atoms with Crippen LogP contribution in [0.5, 0.6) is 5.88 Å². The van der Waals surface area contributed by atoms with Gasteiger partial charge >= 0.3 is 0 Å². The van der Waals surface area contributed by atoms with E-state index >= 15 is 0 Å². The SMILES string of the molecule is COCCCn1c(O)c(C#N)c(C)c(N=Nc2ccc([N+](=O)[O-])cc2)c1=O. The van der Waals surface area contributed by atoms with Gasteiger partial charge in [-0.2, -0.15) is 10.4 Å². The van der Waals surface area contributed by atoms with Gasteiger partial charge in [0.25, 0.3) is 11.2 Å². The molecule has 2 aromatic rings. The molecule has 27 heavy (non-hydrogen) atoms. The monoisotopic (exact) mass is 371 g/mol. The van der Waals surface area contributed by atoms with Crippen LogP contribution in [-0.4, -0.2) is 28.3 Å². The van der Waals surface area contributed by atoms with E-state index in [1.54, 1.807) is 0 Å². The zero-order valence-electron chi connectivity index (χ0n) is 14.7. The number of aromatic hydroxyl groups is 1. The molecule has 1 N–H and O–H groups in total. The number of nitriles is 1. The highest BCUT2D eigenvalue weighted by Crippen LogP contribution is 2.27. The summed E-state index contributed by atoms with van der Waals surface area (Å²) in [6, 6.07) is 7.17. The third kappa shape index (κ3) is 4.34. The van der Waals surface area contributed by atoms with Gasteiger partial charge < -0.3 is 9.84 Å². The van der Waals surface area contributed by atoms with Crippen molar-refractivity contribution < 1.29 is 14.8 Å². The Hall–Kier alpha value is -3.58. The van der Waals surface area contributed by atoms with Crippen LogP contribution in [0.3, 0.4) is 0 Å². The maximum atomic E-state index is 12.6. The van der Waals surface area contributed by atoms with Crippen LogP contribution < -0.4 is 5.56 Å². The molecule has 0 aliphatic carbocycles. The summed E-state index contributed by atoms with van der Waals surface area (Å²) in [6.45, 7) is 2.01. The van der Waals surface area contributed by atoms with Crippen LogP contribution in [0.15, 0.2) is 39.3 Å². The molecule has 0 spiro atoms. The van der Waals surface area contributed by atoms with E-state index in [1.165, 1.54) is 38.3 Å². The van der Waals surface area contributed by atoms with Gasteiger partial charge in [-0.3, -0.25) is 19.5 Å². The van der Waals surface area contributed by atoms with Crippen LogP contribution in [0.25, 0.3) is 0 Å². The molecule has 0 saturated carbocycles. The third-order valence-electron chi connectivity index (χ3n) is 3.83. The van der Waals surface area contributed by atoms with Crippen molar-refractivity contribution in [1.29, 1.82) is 5.26 Å². The van der Waals surface area contributed by atoms with E-state index in [2.05, 4.69) is 10.2 Å². The second-order valence-electron chi connectivity index (χ2n) is 5.56. The molecule has 1 heterocycles. The Labute approximate surface area is 154 Å². The zero-order chi connectivity index (χ0) is 20.0. The summed E-state index contributed by atoms with van der Waals surface area (Å²) in [5.74, 6) is -0.426. The first kappa shape index (κ1) is 19.7. The number of nitro groups is 1. The number of hydrogen-bond acceptors (Lipinski definition) is 8. The number of rotatable bonds is 7. The van der Waals surface area contributed by atoms with Gasteiger partial charge in [-0.1, -0.05) is 0 Å². The van der Waals surface area contributed by atoms with Crippen molar-refractivity contribution in [3.8, 4) is 11.9 Å². The Bertz CT molecular complexity index is 973. The summed E-state index contributed by atoms with van der Waals surface area (Å²) >= 11 is 0. The fourth-order valence-corrected chi connectivity index (χ4v) is 2.38. The summed E-state index contributed by atoms with van der Waals surface area (Å²) in [5.41, 5.74) is -0.330. The Morgan fingerprint density at radius 2 is 2.00 bits per heavy atom. The van der Waals surface area contributed by atoms with E-state index in [0.29, 0.717) is 18.7 Å². The molecule has 0 fully saturated rings. The molecule has 2 rings (SSSR count). The molecule has 0 radical (unpaired) electrons. The fraction of sp³-hybridized carbons (Fsp3) is 0.294. The van der Waals surface area contributed by atoms with Crippen LogP contribution in [0.2, 0.25) is 0 Å². The number of nitro benzene ring substituents is 1. The van der Waals surface area contributed by atoms with Crippen molar-refractivity contribution in [3.05, 3.63) is 55.9 Å². The number of aromatic nitrogens is 1. The van der Waals surface area contributed by atoms with Crippen LogP contribution >= 0.6 is 0 Å². The summed E-state index contributed by atoms with van der Waals surface area (Å²) in [5, 5.41) is 38.0. The van der Waals surface area contributed by atoms with Crippen LogP contribution in [0.1, 0.15) is 17.5 Å². The first-order valence-electron chi connectivity index (χ1n) is 7.92. The molecule has 0 aliphatic rings. The van der Waals surface area contributed by atoms with E-state index in [-0.39, 0.29) is 29.0 Å². The lowest BCUT2D eigenvalue weighted by molar-refractivity contribution is -0.384. The van der Waals surface area contributed by atoms with Gasteiger partial charge in [0.2, 0.25) is 5.88 Å². The van der Waals surface area contributed by atoms with Crippen molar-refractivity contribution >= 4 is 17.1 Å². The predicted octanol–water partition coefficient (Wildman–Crippen LogP) is 3.09. The second-order valence-corrected chi connectivity index (χ2v) is 5.56. The molecule has 0 bridgehead atoms. The summed E-state index contributed by atoms with van der Waals surface area (Å²) < 4.78 is 5.98. The van der Waals surface area contributed by atoms with Crippen LogP contribution in [0, 0.1) is 28.4 Å². The number of methoxy groups -OCH3 is 1. The molecule has 0 amide bonds. The van der Waals surface area contributed by atoms with Crippen LogP contribution in [-0.2, 0) is 11.3 Å². The predicted molar refractivity (Wildman–Crippen MR) is 95.6 cm³/mol. The third-order valence-corrected chi connectivity index (χ3v) is 3.83. The van der Waals surface area contributed by atoms with Crippen LogP contribution in [0.4, 0.5) is 17.1 Å². The number of pyridine rings is 1. The number of nitrogens with zero attached hydrogens (tertiary/aromatic N) is 5. The zero-order valence-corrected chi connectivity index (χ0v) is 14.7. The fourth-order valence-electron chi connectivity index (χ4n) is 2.38. The van der Waals surface area contributed by atoms with E-state index in [1.807, 2.05) is 6.07 Å². The smallest absolute Gasteiger partial charge is 0.281 e. The normalized spacial score (nSPS) is 10.9. The maximum Gasteiger partial charge on any atom is 0.281 e. The molecular weight excluding hydrogens is 354 g/mol. The van der Waals surface area contributed by atoms with E-state index < -0.39 is 16.4 Å². The summed E-state index contributed by atoms with van der Waals surface area (Å²) in [7, 11) is 1.52. The molecular formula is C17H17N5O5. The molecule has 0 saturated heterocycles. The first-order chi connectivity index (χ1) is 12.9. The number of benzene rings is 1. The van der Waals surface area contributed by atoms with Crippen molar-refractivity contribution in [3.63, 3.8) is 0 Å². The van der Waals surface area contributed by atoms with Crippen molar-refractivity contribution in [2.75, 3.05) is 13.7 Å². The number of azo groups is 1. The largest absolute Gasteiger partial charge is 0.493 e. The number of non-ortho nitro benzene ring substituents is 1. The van der Waals surface area contributed by atoms with E-state index in [0.717, 1.165) is 4.57 Å². The Kier molecular flexibility index (Phi) is 6.35. The lowest BCUT2D eigenvalue weighted by atomic mass is 10.1. The standard InChI is InChI=1S/C17H17N5O5/c1-11-14(10-18)16(23)21(8-3-9-27-2)17(24)15(11)20-19-12-4-6-13(7-5-12)22(25)26/h4-7,23H,3,8-9H2,1-2H3. The minimum Gasteiger partial charge on any atom is -0.493 e. The molecule has 0 aliphatic heterocycles. The Morgan fingerprint density at radius 1 is 1.33 bits per heavy atom. The van der Waals surface area contributed by atoms with E-state index in [4.69, 9.17) is 4.74 Å². The summed E-state index contributed by atoms with van der Waals surface area (Å²) in [4.78, 5) is 22.8. The quantitative estimate of drug-likeness (QED) is 0.343. The van der Waals surface area contributed by atoms with Crippen molar-refractivity contribution in [2.24, 2.45) is 10.2 Å². The summed E-state index contributed by atoms with van der Waals surface area (Å²) in [6.07, 6.45) is 0.455. The molecule has 1 aromatic carbocycles. The average molecular weight is 371 g/mol. The highest BCUT2D eigenvalue weighted by molar-refractivity contribution is 5.56. The molecule has 0 atom stereocenters. The second kappa shape index (κ2) is 8.68. The molecule has 1 aromatic heterocycles. The Balaban J connectivity index is 2.46. The van der Waals surface area contributed by atoms with Gasteiger partial charge in [-0.15, -0.1) is 5.11 Å². The lowest BCUT2D eigenvalue weighted by Crippen LogP contribution is -2.22. The number of hydrogen-bond donors (Lipinski definition) is 1. The molecule has 10 heteroatoms. The minimum atomic E-state index is -0.592. The molecule has 0 unspecified atom stereocenters. The lowest BCUT2D eigenvalue weighted by Gasteiger charge is -2.12. The van der Waals surface area contributed by atoms with Crippen molar-refractivity contribution in [1.82, 2.24) is 4.57 Å². The average Bonchev–Trinajstić information content (AvgIpc) is 2.65. The van der Waals surface area contributed by atoms with Gasteiger partial charge in [0.05, 0.1) is 10.6 Å². The highest BCUT2D eigenvalue weighted by Gasteiger charge is 2.19. The number of ether oxygens (including phenoxy) is 1. The Morgan fingerprint density at radius 3 is 2.56 bits per heavy atom. The van der Waals surface area contributed by atoms with Gasteiger partial charge in [0, 0.05) is 38.0 Å². The topological polar surface area (TPSA) is 143 Å². The van der Waals surface area contributed by atoms with Crippen molar-refractivity contribution in [2.45, 2.75) is 19.9 Å². The highest BCUT2D eigenvalue weighted by atomic mass is 16.6. The van der Waals surface area contributed by atoms with Gasteiger partial charge in [0.1, 0.15) is 11.6 Å². The maximum absolute atomic E-state index is 12.6. The minimum absolute atomic E-state index is 0.0651. The molecule has 140 valence electrons. The van der Waals surface area contributed by atoms with E-state index in [9.17, 15) is 25.3 Å². The molecule has 10 nitrogen and oxygen atoms in total. The van der Waals surface area contributed by atoms with Gasteiger partial charge in [0.15, 0.2) is 5.69 Å². The first-order valence-corrected chi connectivity index (χ1v) is 7.92. The van der Waals surface area contributed by atoms with Gasteiger partial charge in [-0.05, 0) is 25.5 Å².